The maximum Gasteiger partial charge on any atom is 0.253 e. The van der Waals surface area contributed by atoms with Crippen LogP contribution in [-0.2, 0) is 17.3 Å². The van der Waals surface area contributed by atoms with Crippen LogP contribution in [0.4, 0.5) is 4.39 Å². The van der Waals surface area contributed by atoms with Gasteiger partial charge in [0.25, 0.3) is 5.91 Å². The highest BCUT2D eigenvalue weighted by atomic mass is 19.1. The van der Waals surface area contributed by atoms with Gasteiger partial charge in [0.15, 0.2) is 0 Å². The number of nitrogens with zero attached hydrogens (tertiary/aromatic N) is 2. The molecule has 0 bridgehead atoms. The summed E-state index contributed by atoms with van der Waals surface area (Å²) in [7, 11) is 1.91. The molecule has 1 aliphatic carbocycles. The van der Waals surface area contributed by atoms with Gasteiger partial charge in [-0.1, -0.05) is 12.1 Å². The number of carbonyl (C=O) groups is 1. The molecule has 0 radical (unpaired) electrons. The summed E-state index contributed by atoms with van der Waals surface area (Å²) in [5.74, 6) is -0.475. The molecule has 5 nitrogen and oxygen atoms in total. The van der Waals surface area contributed by atoms with Crippen molar-refractivity contribution in [1.82, 2.24) is 15.3 Å². The highest BCUT2D eigenvalue weighted by molar-refractivity contribution is 5.88. The van der Waals surface area contributed by atoms with E-state index < -0.39 is 11.3 Å². The molecule has 6 heteroatoms. The third kappa shape index (κ3) is 2.60. The molecule has 1 fully saturated rings. The molecule has 1 aliphatic rings. The molecular weight excluding hydrogens is 309 g/mol. The summed E-state index contributed by atoms with van der Waals surface area (Å²) in [6.07, 6.45) is 4.44. The first-order valence-electron chi connectivity index (χ1n) is 8.17. The lowest BCUT2D eigenvalue weighted by Gasteiger charge is -2.39. The fourth-order valence-electron chi connectivity index (χ4n) is 4.04. The van der Waals surface area contributed by atoms with E-state index in [1.54, 1.807) is 30.7 Å². The average Bonchev–Trinajstić information content (AvgIpc) is 3.02. The number of nitrogens with one attached hydrogen (secondary N) is 1. The van der Waals surface area contributed by atoms with Crippen molar-refractivity contribution in [2.24, 2.45) is 7.05 Å². The number of amides is 1. The number of rotatable bonds is 3. The lowest BCUT2D eigenvalue weighted by molar-refractivity contribution is -0.136. The first kappa shape index (κ1) is 16.6. The Bertz CT molecular complexity index is 748. The Labute approximate surface area is 140 Å². The lowest BCUT2D eigenvalue weighted by atomic mass is 9.64. The largest absolute Gasteiger partial charge is 0.289 e. The molecular formula is C18H22FN3O2. The number of hydrogen-bond donors (Lipinski definition) is 2. The van der Waals surface area contributed by atoms with Crippen LogP contribution < -0.4 is 5.48 Å². The van der Waals surface area contributed by atoms with Gasteiger partial charge in [0.2, 0.25) is 0 Å². The van der Waals surface area contributed by atoms with Crippen molar-refractivity contribution in [3.05, 3.63) is 53.1 Å². The Morgan fingerprint density at radius 3 is 2.67 bits per heavy atom. The molecule has 0 saturated heterocycles. The summed E-state index contributed by atoms with van der Waals surface area (Å²) in [6, 6.07) is 6.80. The van der Waals surface area contributed by atoms with Crippen LogP contribution in [0.25, 0.3) is 0 Å². The normalized spacial score (nSPS) is 23.9. The fraction of sp³-hybridized carbons (Fsp3) is 0.444. The topological polar surface area (TPSA) is 67.2 Å². The maximum absolute atomic E-state index is 14.0. The van der Waals surface area contributed by atoms with E-state index in [4.69, 9.17) is 0 Å². The van der Waals surface area contributed by atoms with Gasteiger partial charge in [-0.15, -0.1) is 0 Å². The summed E-state index contributed by atoms with van der Waals surface area (Å²) in [5, 5.41) is 13.5. The summed E-state index contributed by atoms with van der Waals surface area (Å²) >= 11 is 0. The number of hydrogen-bond acceptors (Lipinski definition) is 3. The Morgan fingerprint density at radius 1 is 1.38 bits per heavy atom. The fourth-order valence-corrected chi connectivity index (χ4v) is 4.04. The van der Waals surface area contributed by atoms with Crippen LogP contribution in [-0.4, -0.2) is 20.9 Å². The van der Waals surface area contributed by atoms with Crippen molar-refractivity contribution in [3.63, 3.8) is 0 Å². The van der Waals surface area contributed by atoms with E-state index >= 15 is 0 Å². The minimum Gasteiger partial charge on any atom is -0.289 e. The molecule has 2 aromatic rings. The van der Waals surface area contributed by atoms with Crippen molar-refractivity contribution in [2.45, 2.75) is 43.9 Å². The van der Waals surface area contributed by atoms with Crippen molar-refractivity contribution in [3.8, 4) is 0 Å². The number of aromatic nitrogens is 2. The van der Waals surface area contributed by atoms with E-state index in [1.807, 2.05) is 17.8 Å². The second kappa shape index (κ2) is 6.36. The second-order valence-corrected chi connectivity index (χ2v) is 6.59. The smallest absolute Gasteiger partial charge is 0.253 e. The van der Waals surface area contributed by atoms with Crippen LogP contribution in [0, 0.1) is 12.7 Å². The Balaban J connectivity index is 1.94. The van der Waals surface area contributed by atoms with Crippen molar-refractivity contribution in [2.75, 3.05) is 0 Å². The van der Waals surface area contributed by atoms with Gasteiger partial charge >= 0.3 is 0 Å². The number of aryl methyl sites for hydroxylation is 1. The lowest BCUT2D eigenvalue weighted by Crippen LogP contribution is -2.46. The van der Waals surface area contributed by atoms with Gasteiger partial charge in [0.05, 0.1) is 5.41 Å². The van der Waals surface area contributed by atoms with E-state index in [0.29, 0.717) is 29.9 Å². The van der Waals surface area contributed by atoms with E-state index in [-0.39, 0.29) is 5.82 Å². The quantitative estimate of drug-likeness (QED) is 0.671. The van der Waals surface area contributed by atoms with E-state index in [9.17, 15) is 14.4 Å². The second-order valence-electron chi connectivity index (χ2n) is 6.59. The highest BCUT2D eigenvalue weighted by Gasteiger charge is 2.45. The molecule has 2 N–H and O–H groups in total. The van der Waals surface area contributed by atoms with Crippen LogP contribution in [0.5, 0.6) is 0 Å². The molecule has 0 spiro atoms. The van der Waals surface area contributed by atoms with E-state index in [0.717, 1.165) is 18.5 Å². The van der Waals surface area contributed by atoms with Gasteiger partial charge in [-0.05, 0) is 55.9 Å². The van der Waals surface area contributed by atoms with Crippen LogP contribution in [0.3, 0.4) is 0 Å². The predicted octanol–water partition coefficient (Wildman–Crippen LogP) is 2.97. The van der Waals surface area contributed by atoms with Gasteiger partial charge in [0.1, 0.15) is 5.82 Å². The Kier molecular flexibility index (Phi) is 4.41. The Morgan fingerprint density at radius 2 is 2.08 bits per heavy atom. The molecule has 3 rings (SSSR count). The molecule has 0 aliphatic heterocycles. The first-order chi connectivity index (χ1) is 11.5. The predicted molar refractivity (Wildman–Crippen MR) is 87.2 cm³/mol. The third-order valence-electron chi connectivity index (χ3n) is 5.44. The highest BCUT2D eigenvalue weighted by Crippen LogP contribution is 2.46. The summed E-state index contributed by atoms with van der Waals surface area (Å²) in [5.41, 5.74) is 3.19. The monoisotopic (exact) mass is 331 g/mol. The Hall–Kier alpha value is -2.21. The van der Waals surface area contributed by atoms with Gasteiger partial charge in [-0.3, -0.25) is 14.7 Å². The van der Waals surface area contributed by atoms with Crippen molar-refractivity contribution in [1.29, 1.82) is 0 Å². The number of hydroxylamine groups is 1. The number of halogens is 1. The zero-order chi connectivity index (χ0) is 17.3. The maximum atomic E-state index is 14.0. The van der Waals surface area contributed by atoms with Crippen LogP contribution in [0.1, 0.15) is 48.4 Å². The van der Waals surface area contributed by atoms with Crippen molar-refractivity contribution < 1.29 is 14.4 Å². The molecule has 128 valence electrons. The van der Waals surface area contributed by atoms with Crippen molar-refractivity contribution >= 4 is 5.91 Å². The summed E-state index contributed by atoms with van der Waals surface area (Å²) in [6.45, 7) is 1.68. The van der Waals surface area contributed by atoms with Crippen LogP contribution >= 0.6 is 0 Å². The molecule has 1 aromatic carbocycles. The molecule has 1 aromatic heterocycles. The van der Waals surface area contributed by atoms with Gasteiger partial charge in [-0.2, -0.15) is 5.10 Å². The molecule has 1 saturated carbocycles. The number of carbonyl (C=O) groups excluding carboxylic acids is 1. The van der Waals surface area contributed by atoms with Gasteiger partial charge in [0, 0.05) is 24.9 Å². The molecule has 24 heavy (non-hydrogen) atoms. The molecule has 1 heterocycles. The molecule has 1 amide bonds. The van der Waals surface area contributed by atoms with Crippen LogP contribution in [0.15, 0.2) is 30.5 Å². The minimum absolute atomic E-state index is 0.311. The molecule has 0 atom stereocenters. The van der Waals surface area contributed by atoms with E-state index in [2.05, 4.69) is 5.10 Å². The first-order valence-corrected chi connectivity index (χ1v) is 8.17. The summed E-state index contributed by atoms with van der Waals surface area (Å²) < 4.78 is 15.9. The average molecular weight is 331 g/mol. The van der Waals surface area contributed by atoms with Gasteiger partial charge in [-0.25, -0.2) is 9.87 Å². The zero-order valence-electron chi connectivity index (χ0n) is 13.9. The van der Waals surface area contributed by atoms with Crippen LogP contribution in [0.2, 0.25) is 0 Å². The standard InChI is InChI=1S/C18H22FN3O2/c1-12-14(4-3-5-15(12)19)18(17(23)21-24)9-6-13(7-10-18)16-8-11-20-22(16)2/h3-5,8,11,13,24H,6-7,9-10H2,1-2H3,(H,21,23). The van der Waals surface area contributed by atoms with E-state index in [1.165, 1.54) is 6.07 Å². The molecule has 0 unspecified atom stereocenters. The third-order valence-corrected chi connectivity index (χ3v) is 5.44. The SMILES string of the molecule is Cc1c(F)cccc1C1(C(=O)NO)CCC(c2ccnn2C)CC1. The van der Waals surface area contributed by atoms with Gasteiger partial charge < -0.3 is 0 Å². The minimum atomic E-state index is -0.893. The number of benzene rings is 1. The summed E-state index contributed by atoms with van der Waals surface area (Å²) in [4.78, 5) is 12.5. The zero-order valence-corrected chi connectivity index (χ0v) is 13.9.